The van der Waals surface area contributed by atoms with Gasteiger partial charge in [0.25, 0.3) is 0 Å². The highest BCUT2D eigenvalue weighted by atomic mass is 16.6. The molecular weight excluding hydrogens is 536 g/mol. The number of ether oxygens (including phenoxy) is 4. The third-order valence-electron chi connectivity index (χ3n) is 6.50. The van der Waals surface area contributed by atoms with E-state index < -0.39 is 29.8 Å². The molecule has 0 bridgehead atoms. The zero-order chi connectivity index (χ0) is 30.0. The lowest BCUT2D eigenvalue weighted by molar-refractivity contribution is -0.151. The van der Waals surface area contributed by atoms with Crippen LogP contribution in [-0.2, 0) is 32.2 Å². The highest BCUT2D eigenvalue weighted by molar-refractivity contribution is 5.83. The molecule has 1 atom stereocenters. The van der Waals surface area contributed by atoms with E-state index in [1.165, 1.54) is 0 Å². The molecule has 0 aromatic heterocycles. The van der Waals surface area contributed by atoms with Gasteiger partial charge in [-0.05, 0) is 87.4 Å². The monoisotopic (exact) mass is 574 g/mol. The maximum Gasteiger partial charge on any atom is 0.408 e. The fourth-order valence-electron chi connectivity index (χ4n) is 4.43. The Kier molecular flexibility index (Phi) is 10.4. The van der Waals surface area contributed by atoms with Crippen molar-refractivity contribution in [2.24, 2.45) is 0 Å². The van der Waals surface area contributed by atoms with Gasteiger partial charge in [-0.3, -0.25) is 0 Å². The molecule has 222 valence electrons. The fraction of sp³-hybridized carbons (Fsp3) is 0.364. The van der Waals surface area contributed by atoms with Crippen LogP contribution in [0, 0.1) is 0 Å². The van der Waals surface area contributed by atoms with Crippen molar-refractivity contribution in [1.82, 2.24) is 10.6 Å². The van der Waals surface area contributed by atoms with Gasteiger partial charge in [0.2, 0.25) is 0 Å². The Morgan fingerprint density at radius 3 is 2.05 bits per heavy atom. The van der Waals surface area contributed by atoms with Crippen molar-refractivity contribution < 1.29 is 33.3 Å². The smallest absolute Gasteiger partial charge is 0.408 e. The van der Waals surface area contributed by atoms with Gasteiger partial charge in [-0.15, -0.1) is 0 Å². The van der Waals surface area contributed by atoms with Gasteiger partial charge in [-0.25, -0.2) is 14.4 Å². The summed E-state index contributed by atoms with van der Waals surface area (Å²) in [6.07, 6.45) is 2.36. The Morgan fingerprint density at radius 1 is 0.810 bits per heavy atom. The van der Waals surface area contributed by atoms with Crippen LogP contribution in [0.3, 0.4) is 0 Å². The predicted molar refractivity (Wildman–Crippen MR) is 157 cm³/mol. The summed E-state index contributed by atoms with van der Waals surface area (Å²) in [5.74, 6) is 0.631. The molecule has 9 heteroatoms. The molecule has 0 saturated heterocycles. The summed E-state index contributed by atoms with van der Waals surface area (Å²) < 4.78 is 22.3. The van der Waals surface area contributed by atoms with Crippen molar-refractivity contribution in [3.8, 4) is 11.5 Å². The van der Waals surface area contributed by atoms with Crippen LogP contribution >= 0.6 is 0 Å². The van der Waals surface area contributed by atoms with Gasteiger partial charge in [0.1, 0.15) is 29.8 Å². The molecule has 1 aliphatic carbocycles. The fourth-order valence-corrected chi connectivity index (χ4v) is 4.43. The molecule has 0 spiro atoms. The summed E-state index contributed by atoms with van der Waals surface area (Å²) in [6.45, 7) is 5.79. The van der Waals surface area contributed by atoms with Crippen LogP contribution in [0.5, 0.6) is 11.5 Å². The molecule has 0 heterocycles. The molecule has 0 aliphatic heterocycles. The Labute approximate surface area is 246 Å². The molecule has 3 aromatic carbocycles. The van der Waals surface area contributed by atoms with E-state index in [2.05, 4.69) is 10.6 Å². The van der Waals surface area contributed by atoms with Crippen molar-refractivity contribution in [2.75, 3.05) is 0 Å². The van der Waals surface area contributed by atoms with Gasteiger partial charge < -0.3 is 29.6 Å². The van der Waals surface area contributed by atoms with Crippen LogP contribution in [0.25, 0.3) is 0 Å². The number of hydrogen-bond donors (Lipinski definition) is 2. The average Bonchev–Trinajstić information content (AvgIpc) is 3.47. The van der Waals surface area contributed by atoms with Crippen LogP contribution in [0.1, 0.15) is 69.2 Å². The quantitative estimate of drug-likeness (QED) is 0.199. The largest absolute Gasteiger partial charge is 0.461 e. The zero-order valence-corrected chi connectivity index (χ0v) is 24.3. The molecule has 2 amide bonds. The summed E-state index contributed by atoms with van der Waals surface area (Å²) in [7, 11) is 0. The second-order valence-electron chi connectivity index (χ2n) is 11.2. The Morgan fingerprint density at radius 2 is 1.43 bits per heavy atom. The molecule has 1 saturated carbocycles. The molecule has 0 unspecified atom stereocenters. The summed E-state index contributed by atoms with van der Waals surface area (Å²) >= 11 is 0. The van der Waals surface area contributed by atoms with E-state index in [0.29, 0.717) is 23.6 Å². The normalized spacial score (nSPS) is 14.0. The topological polar surface area (TPSA) is 112 Å². The van der Waals surface area contributed by atoms with Crippen molar-refractivity contribution in [3.05, 3.63) is 95.6 Å². The van der Waals surface area contributed by atoms with E-state index in [1.54, 1.807) is 57.2 Å². The first-order chi connectivity index (χ1) is 20.1. The van der Waals surface area contributed by atoms with E-state index in [9.17, 15) is 14.4 Å². The summed E-state index contributed by atoms with van der Waals surface area (Å²) in [5.41, 5.74) is 1.64. The van der Waals surface area contributed by atoms with Gasteiger partial charge in [-0.2, -0.15) is 0 Å². The number of hydrogen-bond acceptors (Lipinski definition) is 7. The van der Waals surface area contributed by atoms with E-state index in [1.807, 2.05) is 42.5 Å². The lowest BCUT2D eigenvalue weighted by Gasteiger charge is -2.24. The molecule has 0 radical (unpaired) electrons. The Balaban J connectivity index is 1.31. The van der Waals surface area contributed by atoms with Crippen LogP contribution in [0.15, 0.2) is 78.9 Å². The Hall–Kier alpha value is -4.53. The number of carbonyl (C=O) groups excluding carboxylic acids is 3. The number of rotatable bonds is 10. The van der Waals surface area contributed by atoms with Crippen molar-refractivity contribution in [1.29, 1.82) is 0 Å². The molecular formula is C33H38N2O7. The third kappa shape index (κ3) is 9.83. The SMILES string of the molecule is CC(C)(C)OC(=O)N[C@H](C(=O)OC1CCCC1)c1ccc(Oc2ccc(CNC(=O)OCc3ccccc3)cc2)cc1. The van der Waals surface area contributed by atoms with Crippen LogP contribution in [0.4, 0.5) is 9.59 Å². The minimum atomic E-state index is -1.01. The second kappa shape index (κ2) is 14.4. The zero-order valence-electron chi connectivity index (χ0n) is 24.3. The Bertz CT molecular complexity index is 1310. The summed E-state index contributed by atoms with van der Waals surface area (Å²) in [6, 6.07) is 22.6. The van der Waals surface area contributed by atoms with Gasteiger partial charge in [0, 0.05) is 6.54 Å². The number of benzene rings is 3. The molecule has 3 aromatic rings. The predicted octanol–water partition coefficient (Wildman–Crippen LogP) is 6.96. The number of carbonyl (C=O) groups is 3. The van der Waals surface area contributed by atoms with Gasteiger partial charge in [0.15, 0.2) is 6.04 Å². The molecule has 9 nitrogen and oxygen atoms in total. The standard InChI is InChI=1S/C33H38N2O7/c1-33(2,3)42-32(38)35-29(30(36)41-26-11-7-8-12-26)25-15-19-28(20-16-25)40-27-17-13-23(14-18-27)21-34-31(37)39-22-24-9-5-4-6-10-24/h4-6,9-10,13-20,26,29H,7-8,11-12,21-22H2,1-3H3,(H,34,37)(H,35,38)/t29-/m0/s1. The minimum absolute atomic E-state index is 0.138. The van der Waals surface area contributed by atoms with E-state index in [-0.39, 0.29) is 12.7 Å². The lowest BCUT2D eigenvalue weighted by atomic mass is 10.1. The first kappa shape index (κ1) is 30.4. The minimum Gasteiger partial charge on any atom is -0.461 e. The van der Waals surface area contributed by atoms with Crippen LogP contribution < -0.4 is 15.4 Å². The second-order valence-corrected chi connectivity index (χ2v) is 11.2. The maximum absolute atomic E-state index is 13.0. The molecule has 42 heavy (non-hydrogen) atoms. The highest BCUT2D eigenvalue weighted by Gasteiger charge is 2.30. The first-order valence-electron chi connectivity index (χ1n) is 14.2. The van der Waals surface area contributed by atoms with E-state index >= 15 is 0 Å². The first-order valence-corrected chi connectivity index (χ1v) is 14.2. The van der Waals surface area contributed by atoms with Crippen molar-refractivity contribution in [2.45, 2.75) is 77.4 Å². The van der Waals surface area contributed by atoms with Crippen LogP contribution in [-0.4, -0.2) is 29.9 Å². The van der Waals surface area contributed by atoms with Crippen LogP contribution in [0.2, 0.25) is 0 Å². The van der Waals surface area contributed by atoms with E-state index in [4.69, 9.17) is 18.9 Å². The molecule has 1 aliphatic rings. The maximum atomic E-state index is 13.0. The third-order valence-corrected chi connectivity index (χ3v) is 6.50. The van der Waals surface area contributed by atoms with Gasteiger partial charge in [-0.1, -0.05) is 54.6 Å². The number of amides is 2. The van der Waals surface area contributed by atoms with Crippen molar-refractivity contribution in [3.63, 3.8) is 0 Å². The molecule has 4 rings (SSSR count). The average molecular weight is 575 g/mol. The number of alkyl carbamates (subject to hydrolysis) is 2. The molecule has 1 fully saturated rings. The summed E-state index contributed by atoms with van der Waals surface area (Å²) in [5, 5.41) is 5.39. The van der Waals surface area contributed by atoms with E-state index in [0.717, 1.165) is 36.8 Å². The number of nitrogens with one attached hydrogen (secondary N) is 2. The van der Waals surface area contributed by atoms with Gasteiger partial charge >= 0.3 is 18.2 Å². The lowest BCUT2D eigenvalue weighted by Crippen LogP contribution is -2.39. The molecule has 2 N–H and O–H groups in total. The highest BCUT2D eigenvalue weighted by Crippen LogP contribution is 2.27. The number of esters is 1. The van der Waals surface area contributed by atoms with Crippen molar-refractivity contribution >= 4 is 18.2 Å². The summed E-state index contributed by atoms with van der Waals surface area (Å²) in [4.78, 5) is 37.6. The van der Waals surface area contributed by atoms with Gasteiger partial charge in [0.05, 0.1) is 0 Å².